The lowest BCUT2D eigenvalue weighted by Crippen LogP contribution is -2.67. The first kappa shape index (κ1) is 19.0. The summed E-state index contributed by atoms with van der Waals surface area (Å²) in [6, 6.07) is 9.03. The molecule has 2 aliphatic heterocycles. The zero-order valence-corrected chi connectivity index (χ0v) is 16.1. The van der Waals surface area contributed by atoms with Crippen LogP contribution in [0.3, 0.4) is 0 Å². The van der Waals surface area contributed by atoms with E-state index >= 15 is 0 Å². The van der Waals surface area contributed by atoms with Crippen molar-refractivity contribution < 1.29 is 23.6 Å². The second-order valence-corrected chi connectivity index (χ2v) is 7.42. The standard InChI is InChI=1S/C20H22N4O5/c1-28-15-4-2-3-14(9-15)10-20(19(27)23-8-7-21-17(25)11-23)12-24(13-20)18(26)16-5-6-22-29-16/h2-6,9H,7-8,10-13H2,1H3,(H,21,25). The summed E-state index contributed by atoms with van der Waals surface area (Å²) in [6.45, 7) is 1.43. The van der Waals surface area contributed by atoms with Crippen LogP contribution in [-0.2, 0) is 16.0 Å². The molecular weight excluding hydrogens is 376 g/mol. The number of nitrogens with zero attached hydrogens (tertiary/aromatic N) is 3. The maximum atomic E-state index is 13.4. The van der Waals surface area contributed by atoms with Gasteiger partial charge in [0, 0.05) is 32.2 Å². The zero-order chi connectivity index (χ0) is 20.4. The van der Waals surface area contributed by atoms with Crippen molar-refractivity contribution in [3.8, 4) is 5.75 Å². The van der Waals surface area contributed by atoms with Gasteiger partial charge in [-0.25, -0.2) is 0 Å². The van der Waals surface area contributed by atoms with Crippen LogP contribution in [0.4, 0.5) is 0 Å². The smallest absolute Gasteiger partial charge is 0.292 e. The number of nitrogens with one attached hydrogen (secondary N) is 1. The van der Waals surface area contributed by atoms with E-state index in [0.29, 0.717) is 25.3 Å². The van der Waals surface area contributed by atoms with Crippen LogP contribution in [0.2, 0.25) is 0 Å². The Hall–Kier alpha value is -3.36. The van der Waals surface area contributed by atoms with Crippen LogP contribution in [0.25, 0.3) is 0 Å². The van der Waals surface area contributed by atoms with E-state index < -0.39 is 5.41 Å². The molecule has 2 aliphatic rings. The number of hydrogen-bond donors (Lipinski definition) is 1. The molecule has 9 heteroatoms. The topological polar surface area (TPSA) is 105 Å². The Morgan fingerprint density at radius 1 is 1.28 bits per heavy atom. The number of rotatable bonds is 5. The van der Waals surface area contributed by atoms with Gasteiger partial charge in [-0.05, 0) is 24.1 Å². The molecule has 1 aromatic carbocycles. The van der Waals surface area contributed by atoms with Gasteiger partial charge in [0.1, 0.15) is 5.75 Å². The first-order chi connectivity index (χ1) is 14.0. The van der Waals surface area contributed by atoms with Gasteiger partial charge in [-0.2, -0.15) is 0 Å². The Balaban J connectivity index is 1.56. The molecule has 0 unspecified atom stereocenters. The van der Waals surface area contributed by atoms with E-state index in [4.69, 9.17) is 9.26 Å². The van der Waals surface area contributed by atoms with E-state index in [1.807, 2.05) is 24.3 Å². The van der Waals surface area contributed by atoms with E-state index in [1.54, 1.807) is 16.9 Å². The lowest BCUT2D eigenvalue weighted by atomic mass is 9.73. The quantitative estimate of drug-likeness (QED) is 0.778. The predicted molar refractivity (Wildman–Crippen MR) is 101 cm³/mol. The lowest BCUT2D eigenvalue weighted by molar-refractivity contribution is -0.154. The molecule has 2 aromatic rings. The molecule has 0 spiro atoms. The van der Waals surface area contributed by atoms with E-state index in [9.17, 15) is 14.4 Å². The maximum Gasteiger partial charge on any atom is 0.292 e. The van der Waals surface area contributed by atoms with Crippen molar-refractivity contribution in [1.82, 2.24) is 20.3 Å². The fourth-order valence-electron chi connectivity index (χ4n) is 3.95. The van der Waals surface area contributed by atoms with Crippen molar-refractivity contribution in [2.45, 2.75) is 6.42 Å². The monoisotopic (exact) mass is 398 g/mol. The Kier molecular flexibility index (Phi) is 4.96. The molecule has 29 heavy (non-hydrogen) atoms. The zero-order valence-electron chi connectivity index (χ0n) is 16.1. The number of aromatic nitrogens is 1. The Labute approximate surface area is 167 Å². The van der Waals surface area contributed by atoms with Crippen LogP contribution in [0.5, 0.6) is 5.75 Å². The number of carbonyl (C=O) groups is 3. The third-order valence-electron chi connectivity index (χ3n) is 5.38. The SMILES string of the molecule is COc1cccc(CC2(C(=O)N3CCNC(=O)C3)CN(C(=O)c3ccno3)C2)c1. The molecule has 1 aromatic heterocycles. The number of methoxy groups -OCH3 is 1. The summed E-state index contributed by atoms with van der Waals surface area (Å²) in [5, 5.41) is 6.30. The molecule has 3 heterocycles. The molecule has 0 aliphatic carbocycles. The second-order valence-electron chi connectivity index (χ2n) is 7.42. The Bertz CT molecular complexity index is 921. The second kappa shape index (κ2) is 7.57. The molecule has 3 amide bonds. The average Bonchev–Trinajstić information content (AvgIpc) is 3.24. The molecule has 0 bridgehead atoms. The van der Waals surface area contributed by atoms with Crippen LogP contribution < -0.4 is 10.1 Å². The highest BCUT2D eigenvalue weighted by Crippen LogP contribution is 2.38. The van der Waals surface area contributed by atoms with Gasteiger partial charge >= 0.3 is 0 Å². The highest BCUT2D eigenvalue weighted by atomic mass is 16.5. The minimum atomic E-state index is -0.792. The number of likely N-dealkylation sites (tertiary alicyclic amines) is 1. The van der Waals surface area contributed by atoms with E-state index in [0.717, 1.165) is 5.56 Å². The third-order valence-corrected chi connectivity index (χ3v) is 5.38. The van der Waals surface area contributed by atoms with Crippen molar-refractivity contribution in [3.63, 3.8) is 0 Å². The van der Waals surface area contributed by atoms with Crippen LogP contribution >= 0.6 is 0 Å². The first-order valence-corrected chi connectivity index (χ1v) is 9.40. The average molecular weight is 398 g/mol. The van der Waals surface area contributed by atoms with Crippen molar-refractivity contribution in [3.05, 3.63) is 47.9 Å². The maximum absolute atomic E-state index is 13.4. The third kappa shape index (κ3) is 3.67. The molecule has 0 radical (unpaired) electrons. The van der Waals surface area contributed by atoms with Gasteiger partial charge in [0.25, 0.3) is 5.91 Å². The summed E-state index contributed by atoms with van der Waals surface area (Å²) in [7, 11) is 1.59. The largest absolute Gasteiger partial charge is 0.497 e. The van der Waals surface area contributed by atoms with Crippen LogP contribution in [0, 0.1) is 5.41 Å². The summed E-state index contributed by atoms with van der Waals surface area (Å²) in [4.78, 5) is 40.9. The molecule has 4 rings (SSSR count). The fraction of sp³-hybridized carbons (Fsp3) is 0.400. The molecule has 152 valence electrons. The van der Waals surface area contributed by atoms with Gasteiger partial charge in [-0.15, -0.1) is 0 Å². The molecule has 2 fully saturated rings. The number of piperazine rings is 1. The number of amides is 3. The minimum Gasteiger partial charge on any atom is -0.497 e. The fourth-order valence-corrected chi connectivity index (χ4v) is 3.95. The van der Waals surface area contributed by atoms with Crippen molar-refractivity contribution >= 4 is 17.7 Å². The van der Waals surface area contributed by atoms with Crippen LogP contribution in [0.15, 0.2) is 41.1 Å². The summed E-state index contributed by atoms with van der Waals surface area (Å²) >= 11 is 0. The number of carbonyl (C=O) groups excluding carboxylic acids is 3. The number of benzene rings is 1. The molecule has 2 saturated heterocycles. The first-order valence-electron chi connectivity index (χ1n) is 9.40. The number of hydrogen-bond acceptors (Lipinski definition) is 6. The molecular formula is C20H22N4O5. The van der Waals surface area contributed by atoms with Gasteiger partial charge in [0.15, 0.2) is 0 Å². The summed E-state index contributed by atoms with van der Waals surface area (Å²) < 4.78 is 10.2. The molecule has 9 nitrogen and oxygen atoms in total. The van der Waals surface area contributed by atoms with Crippen molar-refractivity contribution in [2.75, 3.05) is 39.8 Å². The van der Waals surface area contributed by atoms with E-state index in [1.165, 1.54) is 12.3 Å². The lowest BCUT2D eigenvalue weighted by Gasteiger charge is -2.50. The normalized spacial score (nSPS) is 18.0. The van der Waals surface area contributed by atoms with Crippen molar-refractivity contribution in [1.29, 1.82) is 0 Å². The number of ether oxygens (including phenoxy) is 1. The summed E-state index contributed by atoms with van der Waals surface area (Å²) in [5.41, 5.74) is 0.144. The predicted octanol–water partition coefficient (Wildman–Crippen LogP) is 0.327. The highest BCUT2D eigenvalue weighted by molar-refractivity contribution is 5.96. The van der Waals surface area contributed by atoms with E-state index in [2.05, 4.69) is 10.5 Å². The highest BCUT2D eigenvalue weighted by Gasteiger charge is 2.53. The molecule has 0 saturated carbocycles. The van der Waals surface area contributed by atoms with Gasteiger partial charge < -0.3 is 24.4 Å². The Morgan fingerprint density at radius 3 is 2.79 bits per heavy atom. The summed E-state index contributed by atoms with van der Waals surface area (Å²) in [5.74, 6) is 0.265. The van der Waals surface area contributed by atoms with Gasteiger partial charge in [0.05, 0.1) is 25.3 Å². The van der Waals surface area contributed by atoms with Crippen LogP contribution in [0.1, 0.15) is 16.1 Å². The molecule has 1 N–H and O–H groups in total. The Morgan fingerprint density at radius 2 is 2.10 bits per heavy atom. The molecule has 0 atom stereocenters. The summed E-state index contributed by atoms with van der Waals surface area (Å²) in [6.07, 6.45) is 1.86. The minimum absolute atomic E-state index is 0.0365. The van der Waals surface area contributed by atoms with Gasteiger partial charge in [-0.3, -0.25) is 14.4 Å². The van der Waals surface area contributed by atoms with Crippen molar-refractivity contribution in [2.24, 2.45) is 5.41 Å². The van der Waals surface area contributed by atoms with E-state index in [-0.39, 0.29) is 43.1 Å². The van der Waals surface area contributed by atoms with Gasteiger partial charge in [-0.1, -0.05) is 17.3 Å². The van der Waals surface area contributed by atoms with Gasteiger partial charge in [0.2, 0.25) is 17.6 Å². The van der Waals surface area contributed by atoms with Crippen LogP contribution in [-0.4, -0.2) is 72.5 Å².